The Hall–Kier alpha value is -3.69. The molecule has 2 atom stereocenters. The average Bonchev–Trinajstić information content (AvgIpc) is 3.70. The lowest BCUT2D eigenvalue weighted by Crippen LogP contribution is -2.20. The molecule has 0 saturated carbocycles. The van der Waals surface area contributed by atoms with Crippen molar-refractivity contribution in [1.29, 1.82) is 0 Å². The van der Waals surface area contributed by atoms with Crippen molar-refractivity contribution < 1.29 is 23.0 Å². The van der Waals surface area contributed by atoms with Crippen molar-refractivity contribution >= 4 is 36.4 Å². The summed E-state index contributed by atoms with van der Waals surface area (Å²) in [5.41, 5.74) is 4.92. The first-order valence-electron chi connectivity index (χ1n) is 14.3. The molecular weight excluding hydrogens is 607 g/mol. The smallest absolute Gasteiger partial charge is 0.255 e. The van der Waals surface area contributed by atoms with Crippen LogP contribution in [0.2, 0.25) is 0 Å². The molecular formula is C34H35Cl2F2N3O3. The number of nitrogens with one attached hydrogen (secondary N) is 3. The number of amides is 1. The summed E-state index contributed by atoms with van der Waals surface area (Å²) in [5.74, 6) is -0.963. The molecule has 0 unspecified atom stereocenters. The van der Waals surface area contributed by atoms with Crippen LogP contribution >= 0.6 is 24.8 Å². The third kappa shape index (κ3) is 7.68. The number of benzene rings is 4. The van der Waals surface area contributed by atoms with Crippen LogP contribution in [0.3, 0.4) is 0 Å². The van der Waals surface area contributed by atoms with Gasteiger partial charge in [0.2, 0.25) is 0 Å². The van der Waals surface area contributed by atoms with Crippen molar-refractivity contribution in [2.45, 2.75) is 32.0 Å². The summed E-state index contributed by atoms with van der Waals surface area (Å²) in [6.45, 7) is 5.30. The Balaban J connectivity index is 0.00000221. The van der Waals surface area contributed by atoms with Crippen LogP contribution in [0.1, 0.15) is 28.8 Å². The molecule has 0 aromatic heterocycles. The molecule has 0 aliphatic carbocycles. The van der Waals surface area contributed by atoms with Gasteiger partial charge in [0.05, 0.1) is 0 Å². The Morgan fingerprint density at radius 3 is 2.00 bits per heavy atom. The molecule has 0 bridgehead atoms. The molecule has 6 nitrogen and oxygen atoms in total. The number of anilines is 1. The quantitative estimate of drug-likeness (QED) is 0.190. The molecule has 44 heavy (non-hydrogen) atoms. The van der Waals surface area contributed by atoms with E-state index < -0.39 is 11.6 Å². The topological polar surface area (TPSA) is 71.6 Å². The SMILES string of the molecule is Cc1cccc(-c2cc(NC(=O)c3ccc(O[C@H]4CCNC4)c(-c4ccc(F)c(F)c4)c3)ccc2O[C@H]2CCNC2)c1.Cl.Cl. The fourth-order valence-electron chi connectivity index (χ4n) is 5.43. The zero-order valence-corrected chi connectivity index (χ0v) is 25.8. The number of carbonyl (C=O) groups is 1. The van der Waals surface area contributed by atoms with Gasteiger partial charge in [-0.15, -0.1) is 24.8 Å². The molecule has 6 rings (SSSR count). The highest BCUT2D eigenvalue weighted by atomic mass is 35.5. The van der Waals surface area contributed by atoms with E-state index >= 15 is 0 Å². The Bertz CT molecular complexity index is 1610. The molecule has 232 valence electrons. The number of ether oxygens (including phenoxy) is 2. The summed E-state index contributed by atoms with van der Waals surface area (Å²) < 4.78 is 40.5. The van der Waals surface area contributed by atoms with Crippen molar-refractivity contribution in [2.24, 2.45) is 0 Å². The van der Waals surface area contributed by atoms with E-state index in [1.165, 1.54) is 6.07 Å². The van der Waals surface area contributed by atoms with Gasteiger partial charge in [0, 0.05) is 35.5 Å². The normalized spacial score (nSPS) is 17.3. The maximum atomic E-state index is 14.2. The molecule has 2 heterocycles. The van der Waals surface area contributed by atoms with Crippen LogP contribution in [0.25, 0.3) is 22.3 Å². The van der Waals surface area contributed by atoms with Crippen LogP contribution in [0, 0.1) is 18.6 Å². The van der Waals surface area contributed by atoms with E-state index in [0.29, 0.717) is 34.7 Å². The Labute approximate surface area is 268 Å². The number of halogens is 4. The lowest BCUT2D eigenvalue weighted by atomic mass is 10.0. The van der Waals surface area contributed by atoms with Gasteiger partial charge in [-0.1, -0.05) is 35.9 Å². The first-order valence-corrected chi connectivity index (χ1v) is 14.3. The van der Waals surface area contributed by atoms with Gasteiger partial charge < -0.3 is 25.4 Å². The lowest BCUT2D eigenvalue weighted by Gasteiger charge is -2.19. The van der Waals surface area contributed by atoms with Crippen LogP contribution in [0.15, 0.2) is 78.9 Å². The standard InChI is InChI=1S/C34H33F2N3O3.2ClH/c1-21-3-2-4-22(15-21)29-18-25(7-10-33(29)42-27-12-14-38-20-27)39-34(40)24-6-9-32(41-26-11-13-37-19-26)28(16-24)23-5-8-30(35)31(36)17-23;;/h2-10,15-18,26-27,37-38H,11-14,19-20H2,1H3,(H,39,40);2*1H/t26-,27-;;/m0../s1. The Kier molecular flexibility index (Phi) is 11.2. The Morgan fingerprint density at radius 1 is 0.750 bits per heavy atom. The van der Waals surface area contributed by atoms with E-state index in [-0.39, 0.29) is 42.9 Å². The molecule has 2 fully saturated rings. The minimum absolute atomic E-state index is 0. The second-order valence-electron chi connectivity index (χ2n) is 10.8. The highest BCUT2D eigenvalue weighted by molar-refractivity contribution is 6.05. The summed E-state index contributed by atoms with van der Waals surface area (Å²) in [6, 6.07) is 22.6. The molecule has 0 radical (unpaired) electrons. The van der Waals surface area contributed by atoms with Crippen LogP contribution in [-0.4, -0.2) is 44.3 Å². The van der Waals surface area contributed by atoms with Crippen LogP contribution < -0.4 is 25.4 Å². The van der Waals surface area contributed by atoms with E-state index in [1.807, 2.05) is 43.3 Å². The number of rotatable bonds is 8. The fourth-order valence-corrected chi connectivity index (χ4v) is 5.43. The fraction of sp³-hybridized carbons (Fsp3) is 0.265. The van der Waals surface area contributed by atoms with Gasteiger partial charge in [-0.3, -0.25) is 4.79 Å². The van der Waals surface area contributed by atoms with Crippen molar-refractivity contribution in [2.75, 3.05) is 31.5 Å². The summed E-state index contributed by atoms with van der Waals surface area (Å²) >= 11 is 0. The number of carbonyl (C=O) groups excluding carboxylic acids is 1. The van der Waals surface area contributed by atoms with E-state index in [1.54, 1.807) is 18.2 Å². The second kappa shape index (κ2) is 14.9. The highest BCUT2D eigenvalue weighted by Crippen LogP contribution is 2.36. The maximum Gasteiger partial charge on any atom is 0.255 e. The van der Waals surface area contributed by atoms with Crippen LogP contribution in [0.5, 0.6) is 11.5 Å². The summed E-state index contributed by atoms with van der Waals surface area (Å²) in [7, 11) is 0. The van der Waals surface area contributed by atoms with Crippen molar-refractivity contribution in [1.82, 2.24) is 10.6 Å². The minimum atomic E-state index is -0.963. The minimum Gasteiger partial charge on any atom is -0.488 e. The van der Waals surface area contributed by atoms with Crippen molar-refractivity contribution in [3.63, 3.8) is 0 Å². The molecule has 4 aromatic carbocycles. The predicted molar refractivity (Wildman–Crippen MR) is 175 cm³/mol. The van der Waals surface area contributed by atoms with E-state index in [0.717, 1.165) is 67.0 Å². The molecule has 4 aromatic rings. The van der Waals surface area contributed by atoms with Crippen LogP contribution in [0.4, 0.5) is 14.5 Å². The molecule has 1 amide bonds. The van der Waals surface area contributed by atoms with Crippen LogP contribution in [-0.2, 0) is 0 Å². The van der Waals surface area contributed by atoms with Crippen molar-refractivity contribution in [3.05, 3.63) is 102 Å². The van der Waals surface area contributed by atoms with Gasteiger partial charge in [0.15, 0.2) is 11.6 Å². The Morgan fingerprint density at radius 2 is 1.39 bits per heavy atom. The van der Waals surface area contributed by atoms with E-state index in [2.05, 4.69) is 22.0 Å². The maximum absolute atomic E-state index is 14.2. The van der Waals surface area contributed by atoms with E-state index in [4.69, 9.17) is 9.47 Å². The largest absolute Gasteiger partial charge is 0.488 e. The molecule has 10 heteroatoms. The highest BCUT2D eigenvalue weighted by Gasteiger charge is 2.21. The zero-order valence-electron chi connectivity index (χ0n) is 24.2. The average molecular weight is 643 g/mol. The molecule has 2 saturated heterocycles. The number of hydrogen-bond donors (Lipinski definition) is 3. The molecule has 2 aliphatic rings. The van der Waals surface area contributed by atoms with Crippen molar-refractivity contribution in [3.8, 4) is 33.8 Å². The summed E-state index contributed by atoms with van der Waals surface area (Å²) in [4.78, 5) is 13.5. The number of hydrogen-bond acceptors (Lipinski definition) is 5. The van der Waals surface area contributed by atoms with E-state index in [9.17, 15) is 13.6 Å². The van der Waals surface area contributed by atoms with Gasteiger partial charge in [-0.25, -0.2) is 8.78 Å². The van der Waals surface area contributed by atoms with Gasteiger partial charge in [0.25, 0.3) is 5.91 Å². The van der Waals surface area contributed by atoms with Gasteiger partial charge in [0.1, 0.15) is 23.7 Å². The summed E-state index contributed by atoms with van der Waals surface area (Å²) in [6.07, 6.45) is 1.81. The first kappa shape index (κ1) is 33.2. The number of aryl methyl sites for hydroxylation is 1. The first-order chi connectivity index (χ1) is 20.4. The third-order valence-corrected chi connectivity index (χ3v) is 7.66. The lowest BCUT2D eigenvalue weighted by molar-refractivity contribution is 0.102. The molecule has 2 aliphatic heterocycles. The van der Waals surface area contributed by atoms with Gasteiger partial charge >= 0.3 is 0 Å². The monoisotopic (exact) mass is 641 g/mol. The molecule has 3 N–H and O–H groups in total. The third-order valence-electron chi connectivity index (χ3n) is 7.66. The van der Waals surface area contributed by atoms with Gasteiger partial charge in [-0.05, 0) is 92.5 Å². The molecule has 0 spiro atoms. The predicted octanol–water partition coefficient (Wildman–Crippen LogP) is 7.18. The van der Waals surface area contributed by atoms with Gasteiger partial charge in [-0.2, -0.15) is 0 Å². The second-order valence-corrected chi connectivity index (χ2v) is 10.8. The zero-order chi connectivity index (χ0) is 29.1. The summed E-state index contributed by atoms with van der Waals surface area (Å²) in [5, 5.41) is 9.59.